The summed E-state index contributed by atoms with van der Waals surface area (Å²) in [5, 5.41) is 3.05. The Kier molecular flexibility index (Phi) is 8.44. The van der Waals surface area contributed by atoms with E-state index in [0.29, 0.717) is 35.9 Å². The van der Waals surface area contributed by atoms with Crippen LogP contribution in [0.4, 0.5) is 0 Å². The van der Waals surface area contributed by atoms with Gasteiger partial charge in [-0.25, -0.2) is 4.99 Å². The van der Waals surface area contributed by atoms with Gasteiger partial charge in [0.05, 0.1) is 32.7 Å². The van der Waals surface area contributed by atoms with Gasteiger partial charge in [-0.05, 0) is 12.1 Å². The number of hydrogen-bond donors (Lipinski definition) is 1. The lowest BCUT2D eigenvalue weighted by Gasteiger charge is -2.18. The Morgan fingerprint density at radius 2 is 1.86 bits per heavy atom. The second kappa shape index (κ2) is 11.3. The molecule has 2 aromatic carbocycles. The largest absolute Gasteiger partial charge is 0.497 e. The molecule has 2 rings (SSSR count). The summed E-state index contributed by atoms with van der Waals surface area (Å²) in [5.74, 6) is 1.93. The Hall–Kier alpha value is -3.61. The maximum Gasteiger partial charge on any atom is 0.167 e. The van der Waals surface area contributed by atoms with Crippen LogP contribution < -0.4 is 14.8 Å². The molecule has 0 radical (unpaired) electrons. The van der Waals surface area contributed by atoms with Gasteiger partial charge in [-0.3, -0.25) is 4.79 Å². The second-order valence-corrected chi connectivity index (χ2v) is 6.10. The van der Waals surface area contributed by atoms with Gasteiger partial charge in [0.1, 0.15) is 23.6 Å². The molecule has 0 unspecified atom stereocenters. The van der Waals surface area contributed by atoms with E-state index in [9.17, 15) is 9.59 Å². The van der Waals surface area contributed by atoms with E-state index in [2.05, 4.69) is 10.3 Å². The molecule has 0 aliphatic rings. The summed E-state index contributed by atoms with van der Waals surface area (Å²) >= 11 is 0. The van der Waals surface area contributed by atoms with Crippen molar-refractivity contribution < 1.29 is 19.1 Å². The van der Waals surface area contributed by atoms with Crippen molar-refractivity contribution in [3.05, 3.63) is 71.6 Å². The highest BCUT2D eigenvalue weighted by Crippen LogP contribution is 2.24. The van der Waals surface area contributed by atoms with Gasteiger partial charge in [0, 0.05) is 30.8 Å². The number of rotatable bonds is 10. The van der Waals surface area contributed by atoms with Gasteiger partial charge in [-0.2, -0.15) is 0 Å². The van der Waals surface area contributed by atoms with Crippen molar-refractivity contribution >= 4 is 18.4 Å². The Bertz CT molecular complexity index is 879. The first-order valence-electron chi connectivity index (χ1n) is 9.01. The summed E-state index contributed by atoms with van der Waals surface area (Å²) in [6, 6.07) is 14.9. The number of amidine groups is 1. The van der Waals surface area contributed by atoms with Gasteiger partial charge in [0.25, 0.3) is 0 Å². The molecule has 7 heteroatoms. The monoisotopic (exact) mass is 395 g/mol. The molecule has 0 aliphatic carbocycles. The quantitative estimate of drug-likeness (QED) is 0.288. The lowest BCUT2D eigenvalue weighted by atomic mass is 10.2. The molecule has 7 nitrogen and oxygen atoms in total. The predicted molar refractivity (Wildman–Crippen MR) is 112 cm³/mol. The van der Waals surface area contributed by atoms with E-state index < -0.39 is 0 Å². The molecule has 0 saturated carbocycles. The number of carbonyl (C=O) groups is 2. The zero-order valence-electron chi connectivity index (χ0n) is 16.8. The fraction of sp³-hybridized carbons (Fsp3) is 0.227. The van der Waals surface area contributed by atoms with Crippen LogP contribution in [-0.4, -0.2) is 51.1 Å². The Balaban J connectivity index is 2.22. The van der Waals surface area contributed by atoms with Crippen LogP contribution in [0, 0.1) is 0 Å². The van der Waals surface area contributed by atoms with Crippen molar-refractivity contribution in [2.24, 2.45) is 4.99 Å². The molecular weight excluding hydrogens is 370 g/mol. The third-order valence-electron chi connectivity index (χ3n) is 4.17. The van der Waals surface area contributed by atoms with Gasteiger partial charge in [0.2, 0.25) is 0 Å². The number of allylic oxidation sites excluding steroid dienone is 1. The second-order valence-electron chi connectivity index (χ2n) is 6.10. The normalized spacial score (nSPS) is 11.6. The van der Waals surface area contributed by atoms with Gasteiger partial charge < -0.3 is 24.5 Å². The lowest BCUT2D eigenvalue weighted by Crippen LogP contribution is -2.29. The fourth-order valence-corrected chi connectivity index (χ4v) is 2.62. The lowest BCUT2D eigenvalue weighted by molar-refractivity contribution is -0.108. The zero-order chi connectivity index (χ0) is 21.1. The van der Waals surface area contributed by atoms with Crippen molar-refractivity contribution in [2.75, 3.05) is 27.8 Å². The summed E-state index contributed by atoms with van der Waals surface area (Å²) in [6.45, 7) is 0.562. The maximum atomic E-state index is 11.5. The molecule has 1 N–H and O–H groups in total. The van der Waals surface area contributed by atoms with Crippen LogP contribution in [-0.2, 0) is 16.1 Å². The minimum absolute atomic E-state index is 0.189. The van der Waals surface area contributed by atoms with Crippen LogP contribution in [0.15, 0.2) is 65.4 Å². The highest BCUT2D eigenvalue weighted by Gasteiger charge is 2.09. The summed E-state index contributed by atoms with van der Waals surface area (Å²) < 4.78 is 10.6. The first kappa shape index (κ1) is 21.7. The minimum Gasteiger partial charge on any atom is -0.497 e. The van der Waals surface area contributed by atoms with Crippen molar-refractivity contribution in [2.45, 2.75) is 6.54 Å². The minimum atomic E-state index is 0.189. The Morgan fingerprint density at radius 3 is 2.48 bits per heavy atom. The van der Waals surface area contributed by atoms with Gasteiger partial charge in [-0.1, -0.05) is 30.3 Å². The molecule has 0 aromatic heterocycles. The van der Waals surface area contributed by atoms with E-state index in [4.69, 9.17) is 9.47 Å². The predicted octanol–water partition coefficient (Wildman–Crippen LogP) is 2.41. The standard InChI is InChI=1S/C22H25N3O4/c1-25(11-12-26)22(17-7-5-4-6-8-17)24-15-19(16-27)23-14-18-9-10-20(28-2)13-21(18)29-3/h4-10,12-13,15-16,23H,11,14H2,1-3H3/b19-15+,24-22?. The maximum absolute atomic E-state index is 11.5. The Morgan fingerprint density at radius 1 is 1.10 bits per heavy atom. The molecule has 0 fully saturated rings. The van der Waals surface area contributed by atoms with E-state index in [1.807, 2.05) is 42.5 Å². The number of carbonyl (C=O) groups excluding carboxylic acids is 2. The summed E-state index contributed by atoms with van der Waals surface area (Å²) in [4.78, 5) is 28.6. The van der Waals surface area contributed by atoms with Gasteiger partial charge >= 0.3 is 0 Å². The number of benzene rings is 2. The smallest absolute Gasteiger partial charge is 0.167 e. The molecule has 0 aliphatic heterocycles. The molecule has 2 aromatic rings. The van der Waals surface area contributed by atoms with Crippen molar-refractivity contribution in [1.82, 2.24) is 10.2 Å². The van der Waals surface area contributed by atoms with Gasteiger partial charge in [0.15, 0.2) is 6.29 Å². The van der Waals surface area contributed by atoms with Crippen LogP contribution in [0.2, 0.25) is 0 Å². The number of nitrogens with zero attached hydrogens (tertiary/aromatic N) is 2. The van der Waals surface area contributed by atoms with Crippen LogP contribution in [0.3, 0.4) is 0 Å². The average Bonchev–Trinajstić information content (AvgIpc) is 2.76. The van der Waals surface area contributed by atoms with Crippen LogP contribution in [0.5, 0.6) is 11.5 Å². The number of aliphatic imine (C=N–C) groups is 1. The molecule has 0 heterocycles. The van der Waals surface area contributed by atoms with Crippen LogP contribution in [0.1, 0.15) is 11.1 Å². The molecule has 0 amide bonds. The number of likely N-dealkylation sites (N-methyl/N-ethyl adjacent to an activating group) is 1. The first-order valence-corrected chi connectivity index (χ1v) is 9.01. The first-order chi connectivity index (χ1) is 14.1. The van der Waals surface area contributed by atoms with Gasteiger partial charge in [-0.15, -0.1) is 0 Å². The van der Waals surface area contributed by atoms with Crippen LogP contribution in [0.25, 0.3) is 0 Å². The molecule has 0 atom stereocenters. The van der Waals surface area contributed by atoms with Crippen molar-refractivity contribution in [3.63, 3.8) is 0 Å². The van der Waals surface area contributed by atoms with E-state index in [1.165, 1.54) is 6.20 Å². The highest BCUT2D eigenvalue weighted by atomic mass is 16.5. The van der Waals surface area contributed by atoms with E-state index in [0.717, 1.165) is 17.4 Å². The van der Waals surface area contributed by atoms with E-state index >= 15 is 0 Å². The third kappa shape index (κ3) is 6.21. The topological polar surface area (TPSA) is 80.2 Å². The highest BCUT2D eigenvalue weighted by molar-refractivity contribution is 5.99. The van der Waals surface area contributed by atoms with Crippen molar-refractivity contribution in [3.8, 4) is 11.5 Å². The number of aldehydes is 2. The summed E-state index contributed by atoms with van der Waals surface area (Å²) in [5.41, 5.74) is 2.01. The number of methoxy groups -OCH3 is 2. The molecule has 29 heavy (non-hydrogen) atoms. The number of hydrogen-bond acceptors (Lipinski definition) is 6. The molecule has 0 spiro atoms. The zero-order valence-corrected chi connectivity index (χ0v) is 16.8. The summed E-state index contributed by atoms with van der Waals surface area (Å²) in [7, 11) is 4.93. The van der Waals surface area contributed by atoms with Crippen molar-refractivity contribution in [1.29, 1.82) is 0 Å². The van der Waals surface area contributed by atoms with Crippen LogP contribution >= 0.6 is 0 Å². The van der Waals surface area contributed by atoms with E-state index in [1.54, 1.807) is 32.2 Å². The SMILES string of the molecule is COc1ccc(CN/C(C=O)=C/N=C(c2ccccc2)N(C)CC=O)c(OC)c1. The number of nitrogens with one attached hydrogen (secondary N) is 1. The number of ether oxygens (including phenoxy) is 2. The Labute approximate surface area is 170 Å². The molecular formula is C22H25N3O4. The molecule has 0 saturated heterocycles. The fourth-order valence-electron chi connectivity index (χ4n) is 2.62. The van der Waals surface area contributed by atoms with E-state index in [-0.39, 0.29) is 6.54 Å². The summed E-state index contributed by atoms with van der Waals surface area (Å²) in [6.07, 6.45) is 2.95. The average molecular weight is 395 g/mol. The molecule has 0 bridgehead atoms. The molecule has 152 valence electrons. The third-order valence-corrected chi connectivity index (χ3v) is 4.17.